The van der Waals surface area contributed by atoms with Gasteiger partial charge in [0.25, 0.3) is 0 Å². The third-order valence-electron chi connectivity index (χ3n) is 3.96. The van der Waals surface area contributed by atoms with E-state index >= 15 is 0 Å². The van der Waals surface area contributed by atoms with Gasteiger partial charge in [0.1, 0.15) is 12.1 Å². The van der Waals surface area contributed by atoms with Gasteiger partial charge in [0.15, 0.2) is 0 Å². The van der Waals surface area contributed by atoms with Gasteiger partial charge < -0.3 is 15.4 Å². The summed E-state index contributed by atoms with van der Waals surface area (Å²) in [6.45, 7) is 5.58. The van der Waals surface area contributed by atoms with Crippen molar-refractivity contribution in [2.45, 2.75) is 32.3 Å². The van der Waals surface area contributed by atoms with Crippen molar-refractivity contribution in [3.63, 3.8) is 0 Å². The summed E-state index contributed by atoms with van der Waals surface area (Å²) in [4.78, 5) is 11.3. The number of hydrogen-bond donors (Lipinski definition) is 1. The van der Waals surface area contributed by atoms with Crippen LogP contribution in [0.4, 0.5) is 5.82 Å². The summed E-state index contributed by atoms with van der Waals surface area (Å²) in [5.74, 6) is 1.08. The van der Waals surface area contributed by atoms with Gasteiger partial charge >= 0.3 is 0 Å². The van der Waals surface area contributed by atoms with Crippen molar-refractivity contribution in [1.82, 2.24) is 9.97 Å². The molecule has 21 heavy (non-hydrogen) atoms. The van der Waals surface area contributed by atoms with Crippen LogP contribution in [0.2, 0.25) is 0 Å². The van der Waals surface area contributed by atoms with Gasteiger partial charge in [0, 0.05) is 19.7 Å². The second-order valence-electron chi connectivity index (χ2n) is 5.49. The largest absolute Gasteiger partial charge is 0.378 e. The highest BCUT2D eigenvalue weighted by molar-refractivity contribution is 7.18. The van der Waals surface area contributed by atoms with Crippen LogP contribution >= 0.6 is 11.3 Å². The molecule has 1 aliphatic heterocycles. The Bertz CT molecular complexity index is 592. The number of thiophene rings is 1. The van der Waals surface area contributed by atoms with Crippen molar-refractivity contribution in [3.8, 4) is 0 Å². The molecular weight excluding hydrogens is 284 g/mol. The number of nitrogens with zero attached hydrogens (tertiary/aromatic N) is 3. The van der Waals surface area contributed by atoms with Crippen LogP contribution in [0, 0.1) is 6.92 Å². The lowest BCUT2D eigenvalue weighted by Crippen LogP contribution is -2.37. The van der Waals surface area contributed by atoms with Crippen LogP contribution in [0.25, 0.3) is 10.2 Å². The fourth-order valence-corrected chi connectivity index (χ4v) is 3.77. The molecule has 2 aromatic rings. The second-order valence-corrected chi connectivity index (χ2v) is 6.37. The molecule has 5 nitrogen and oxygen atoms in total. The average molecular weight is 306 g/mol. The zero-order valence-corrected chi connectivity index (χ0v) is 13.2. The maximum atomic E-state index is 5.86. The summed E-state index contributed by atoms with van der Waals surface area (Å²) in [6, 6.07) is 0. The molecule has 2 aromatic heterocycles. The lowest BCUT2D eigenvalue weighted by molar-refractivity contribution is 0.0366. The molecular formula is C15H22N4OS. The van der Waals surface area contributed by atoms with Crippen molar-refractivity contribution >= 4 is 27.4 Å². The smallest absolute Gasteiger partial charge is 0.150 e. The molecule has 0 atom stereocenters. The summed E-state index contributed by atoms with van der Waals surface area (Å²) in [6.07, 6.45) is 5.11. The minimum absolute atomic E-state index is 0.371. The van der Waals surface area contributed by atoms with Crippen molar-refractivity contribution in [2.75, 3.05) is 31.1 Å². The zero-order chi connectivity index (χ0) is 14.7. The van der Waals surface area contributed by atoms with E-state index < -0.39 is 0 Å². The molecule has 0 aliphatic carbocycles. The van der Waals surface area contributed by atoms with Crippen LogP contribution in [0.3, 0.4) is 0 Å². The lowest BCUT2D eigenvalue weighted by atomic mass is 10.1. The van der Waals surface area contributed by atoms with Crippen molar-refractivity contribution in [2.24, 2.45) is 5.73 Å². The summed E-state index contributed by atoms with van der Waals surface area (Å²) >= 11 is 1.74. The van der Waals surface area contributed by atoms with Crippen LogP contribution in [0.15, 0.2) is 11.7 Å². The Hall–Kier alpha value is -1.24. The van der Waals surface area contributed by atoms with E-state index in [1.54, 1.807) is 17.7 Å². The van der Waals surface area contributed by atoms with Gasteiger partial charge in [0.05, 0.1) is 16.3 Å². The maximum absolute atomic E-state index is 5.86. The molecule has 0 aromatic carbocycles. The molecule has 3 heterocycles. The Morgan fingerprint density at radius 1 is 1.38 bits per heavy atom. The highest BCUT2D eigenvalue weighted by Gasteiger charge is 2.22. The molecule has 0 amide bonds. The van der Waals surface area contributed by atoms with Gasteiger partial charge in [-0.15, -0.1) is 11.3 Å². The van der Waals surface area contributed by atoms with Gasteiger partial charge in [-0.25, -0.2) is 9.97 Å². The van der Waals surface area contributed by atoms with E-state index in [-0.39, 0.29) is 0 Å². The third kappa shape index (κ3) is 3.17. The third-order valence-corrected chi connectivity index (χ3v) is 5.04. The molecule has 0 unspecified atom stereocenters. The highest BCUT2D eigenvalue weighted by atomic mass is 32.1. The Labute approximate surface area is 129 Å². The molecule has 2 N–H and O–H groups in total. The predicted octanol–water partition coefficient (Wildman–Crippen LogP) is 2.33. The van der Waals surface area contributed by atoms with Crippen LogP contribution < -0.4 is 10.6 Å². The Morgan fingerprint density at radius 2 is 2.19 bits per heavy atom. The number of nitrogens with two attached hydrogens (primary N) is 1. The first-order chi connectivity index (χ1) is 10.3. The summed E-state index contributed by atoms with van der Waals surface area (Å²) in [5, 5.41) is 2.16. The molecule has 1 saturated heterocycles. The predicted molar refractivity (Wildman–Crippen MR) is 87.0 cm³/mol. The number of aryl methyl sites for hydroxylation is 1. The monoisotopic (exact) mass is 306 g/mol. The number of piperidine rings is 1. The van der Waals surface area contributed by atoms with E-state index in [0.717, 1.165) is 50.3 Å². The van der Waals surface area contributed by atoms with Gasteiger partial charge in [-0.05, 0) is 43.7 Å². The summed E-state index contributed by atoms with van der Waals surface area (Å²) < 4.78 is 7.07. The number of rotatable bonds is 5. The zero-order valence-electron chi connectivity index (χ0n) is 12.4. The van der Waals surface area contributed by atoms with E-state index in [0.29, 0.717) is 12.6 Å². The molecule has 1 fully saturated rings. The average Bonchev–Trinajstić information content (AvgIpc) is 2.90. The van der Waals surface area contributed by atoms with Gasteiger partial charge in [-0.2, -0.15) is 0 Å². The first-order valence-electron chi connectivity index (χ1n) is 7.55. The molecule has 1 aliphatic rings. The second kappa shape index (κ2) is 6.68. The van der Waals surface area contributed by atoms with Crippen LogP contribution in [0.1, 0.15) is 24.8 Å². The Balaban J connectivity index is 1.66. The minimum Gasteiger partial charge on any atom is -0.378 e. The Morgan fingerprint density at radius 3 is 2.95 bits per heavy atom. The number of hydrogen-bond acceptors (Lipinski definition) is 6. The standard InChI is InChI=1S/C15H22N4OS/c1-11-9-21-14-13(11)17-10-18-15(14)19-6-3-12(4-7-19)20-8-2-5-16/h9-10,12H,2-8,16H2,1H3. The molecule has 0 radical (unpaired) electrons. The van der Waals surface area contributed by atoms with Crippen molar-refractivity contribution in [3.05, 3.63) is 17.3 Å². The SMILES string of the molecule is Cc1csc2c(N3CCC(OCCCN)CC3)ncnc12. The Kier molecular flexibility index (Phi) is 4.67. The van der Waals surface area contributed by atoms with E-state index in [4.69, 9.17) is 10.5 Å². The summed E-state index contributed by atoms with van der Waals surface area (Å²) in [7, 11) is 0. The normalized spacial score (nSPS) is 16.8. The fourth-order valence-electron chi connectivity index (χ4n) is 2.75. The van der Waals surface area contributed by atoms with E-state index in [2.05, 4.69) is 27.2 Å². The molecule has 0 saturated carbocycles. The van der Waals surface area contributed by atoms with Crippen LogP contribution in [-0.4, -0.2) is 42.3 Å². The fraction of sp³-hybridized carbons (Fsp3) is 0.600. The molecule has 114 valence electrons. The summed E-state index contributed by atoms with van der Waals surface area (Å²) in [5.41, 5.74) is 7.82. The molecule has 6 heteroatoms. The van der Waals surface area contributed by atoms with Gasteiger partial charge in [-0.1, -0.05) is 0 Å². The van der Waals surface area contributed by atoms with E-state index in [1.807, 2.05) is 0 Å². The molecule has 0 bridgehead atoms. The van der Waals surface area contributed by atoms with Gasteiger partial charge in [-0.3, -0.25) is 0 Å². The quantitative estimate of drug-likeness (QED) is 0.859. The number of ether oxygens (including phenoxy) is 1. The topological polar surface area (TPSA) is 64.3 Å². The van der Waals surface area contributed by atoms with Gasteiger partial charge in [0.2, 0.25) is 0 Å². The van der Waals surface area contributed by atoms with Crippen molar-refractivity contribution < 1.29 is 4.74 Å². The first-order valence-corrected chi connectivity index (χ1v) is 8.43. The molecule has 3 rings (SSSR count). The van der Waals surface area contributed by atoms with Crippen LogP contribution in [-0.2, 0) is 4.74 Å². The number of fused-ring (bicyclic) bond motifs is 1. The van der Waals surface area contributed by atoms with Crippen LogP contribution in [0.5, 0.6) is 0 Å². The lowest BCUT2D eigenvalue weighted by Gasteiger charge is -2.32. The number of aromatic nitrogens is 2. The first kappa shape index (κ1) is 14.7. The van der Waals surface area contributed by atoms with E-state index in [9.17, 15) is 0 Å². The number of anilines is 1. The van der Waals surface area contributed by atoms with E-state index in [1.165, 1.54) is 10.3 Å². The maximum Gasteiger partial charge on any atom is 0.150 e. The molecule has 0 spiro atoms. The van der Waals surface area contributed by atoms with Crippen molar-refractivity contribution in [1.29, 1.82) is 0 Å². The minimum atomic E-state index is 0.371. The highest BCUT2D eigenvalue weighted by Crippen LogP contribution is 2.32.